The first-order valence-electron chi connectivity index (χ1n) is 11.0. The van der Waals surface area contributed by atoms with Crippen LogP contribution in [0, 0.1) is 0 Å². The van der Waals surface area contributed by atoms with E-state index >= 15 is 0 Å². The molecule has 1 N–H and O–H groups in total. The van der Waals surface area contributed by atoms with Crippen LogP contribution < -0.4 is 10.1 Å². The maximum absolute atomic E-state index is 13.3. The normalized spacial score (nSPS) is 11.8. The molecule has 0 bridgehead atoms. The van der Waals surface area contributed by atoms with Crippen molar-refractivity contribution in [3.05, 3.63) is 76.3 Å². The summed E-state index contributed by atoms with van der Waals surface area (Å²) in [6.45, 7) is 4.18. The molecule has 3 aromatic carbocycles. The van der Waals surface area contributed by atoms with Crippen LogP contribution in [0.4, 0.5) is 0 Å². The van der Waals surface area contributed by atoms with Crippen LogP contribution in [0.15, 0.2) is 60.7 Å². The average molecular weight is 487 g/mol. The van der Waals surface area contributed by atoms with Gasteiger partial charge >= 0.3 is 0 Å². The number of hydrogen-bond acceptors (Lipinski definition) is 3. The highest BCUT2D eigenvalue weighted by Crippen LogP contribution is 2.28. The van der Waals surface area contributed by atoms with Crippen LogP contribution >= 0.6 is 23.2 Å². The second kappa shape index (κ2) is 11.9. The zero-order valence-electron chi connectivity index (χ0n) is 18.8. The average Bonchev–Trinajstić information content (AvgIpc) is 2.82. The molecule has 0 aliphatic rings. The molecule has 33 heavy (non-hydrogen) atoms. The van der Waals surface area contributed by atoms with Crippen molar-refractivity contribution in [1.82, 2.24) is 10.2 Å². The molecule has 0 saturated carbocycles. The number of hydrogen-bond donors (Lipinski definition) is 1. The Morgan fingerprint density at radius 3 is 2.39 bits per heavy atom. The second-order valence-corrected chi connectivity index (χ2v) is 8.62. The Labute approximate surface area is 204 Å². The molecule has 0 aliphatic carbocycles. The van der Waals surface area contributed by atoms with E-state index in [0.717, 1.165) is 23.6 Å². The van der Waals surface area contributed by atoms with E-state index < -0.39 is 6.04 Å². The molecule has 3 rings (SSSR count). The molecule has 0 radical (unpaired) electrons. The molecule has 174 valence electrons. The Morgan fingerprint density at radius 1 is 1.00 bits per heavy atom. The summed E-state index contributed by atoms with van der Waals surface area (Å²) in [6, 6.07) is 17.9. The first-order valence-corrected chi connectivity index (χ1v) is 11.8. The lowest BCUT2D eigenvalue weighted by atomic mass is 10.1. The van der Waals surface area contributed by atoms with Crippen LogP contribution in [0.25, 0.3) is 10.8 Å². The molecule has 0 unspecified atom stereocenters. The first-order chi connectivity index (χ1) is 15.9. The van der Waals surface area contributed by atoms with Crippen molar-refractivity contribution >= 4 is 45.8 Å². The van der Waals surface area contributed by atoms with Gasteiger partial charge in [-0.1, -0.05) is 79.0 Å². The largest absolute Gasteiger partial charge is 0.483 e. The monoisotopic (exact) mass is 486 g/mol. The zero-order valence-corrected chi connectivity index (χ0v) is 20.3. The minimum Gasteiger partial charge on any atom is -0.483 e. The Balaban J connectivity index is 1.81. The van der Waals surface area contributed by atoms with E-state index in [2.05, 4.69) is 12.2 Å². The lowest BCUT2D eigenvalue weighted by Crippen LogP contribution is -2.49. The SMILES string of the molecule is CCCCNC(=O)[C@@H](C)N(Cc1c(Cl)cccc1Cl)C(=O)COc1cccc2ccccc12. The van der Waals surface area contributed by atoms with Gasteiger partial charge in [-0.15, -0.1) is 0 Å². The molecule has 1 atom stereocenters. The number of rotatable bonds is 10. The summed E-state index contributed by atoms with van der Waals surface area (Å²) in [7, 11) is 0. The van der Waals surface area contributed by atoms with E-state index in [1.54, 1.807) is 25.1 Å². The summed E-state index contributed by atoms with van der Waals surface area (Å²) in [6.07, 6.45) is 1.83. The fraction of sp³-hybridized carbons (Fsp3) is 0.308. The molecule has 5 nitrogen and oxygen atoms in total. The lowest BCUT2D eigenvalue weighted by Gasteiger charge is -2.29. The highest BCUT2D eigenvalue weighted by Gasteiger charge is 2.27. The molecule has 0 aliphatic heterocycles. The molecule has 0 aromatic heterocycles. The number of nitrogens with one attached hydrogen (secondary N) is 1. The lowest BCUT2D eigenvalue weighted by molar-refractivity contribution is -0.142. The standard InChI is InChI=1S/C26H28Cl2N2O3/c1-3-4-15-29-26(32)18(2)30(16-21-22(27)12-8-13-23(21)28)25(31)17-33-24-14-7-10-19-9-5-6-11-20(19)24/h5-14,18H,3-4,15-17H2,1-2H3,(H,29,32)/t18-/m1/s1. The van der Waals surface area contributed by atoms with Gasteiger partial charge in [0.25, 0.3) is 5.91 Å². The van der Waals surface area contributed by atoms with Crippen LogP contribution in [0.3, 0.4) is 0 Å². The van der Waals surface area contributed by atoms with Crippen LogP contribution in [-0.2, 0) is 16.1 Å². The number of fused-ring (bicyclic) bond motifs is 1. The highest BCUT2D eigenvalue weighted by molar-refractivity contribution is 6.36. The van der Waals surface area contributed by atoms with Gasteiger partial charge in [0.15, 0.2) is 6.61 Å². The minimum atomic E-state index is -0.724. The highest BCUT2D eigenvalue weighted by atomic mass is 35.5. The zero-order chi connectivity index (χ0) is 23.8. The van der Waals surface area contributed by atoms with E-state index in [4.69, 9.17) is 27.9 Å². The predicted molar refractivity (Wildman–Crippen MR) is 134 cm³/mol. The summed E-state index contributed by atoms with van der Waals surface area (Å²) in [5, 5.41) is 5.70. The van der Waals surface area contributed by atoms with Gasteiger partial charge in [0.1, 0.15) is 11.8 Å². The van der Waals surface area contributed by atoms with E-state index in [-0.39, 0.29) is 25.0 Å². The maximum atomic E-state index is 13.3. The third-order valence-electron chi connectivity index (χ3n) is 5.49. The molecular formula is C26H28Cl2N2O3. The number of carbonyl (C=O) groups excluding carboxylic acids is 2. The molecule has 0 heterocycles. The Morgan fingerprint density at radius 2 is 1.67 bits per heavy atom. The van der Waals surface area contributed by atoms with Gasteiger partial charge in [0.05, 0.1) is 0 Å². The number of benzene rings is 3. The first kappa shape index (κ1) is 24.9. The molecule has 0 saturated heterocycles. The fourth-order valence-electron chi connectivity index (χ4n) is 3.52. The topological polar surface area (TPSA) is 58.6 Å². The Kier molecular flexibility index (Phi) is 8.98. The summed E-state index contributed by atoms with van der Waals surface area (Å²) >= 11 is 12.7. The van der Waals surface area contributed by atoms with Gasteiger partial charge in [-0.3, -0.25) is 9.59 Å². The van der Waals surface area contributed by atoms with Crippen molar-refractivity contribution in [1.29, 1.82) is 0 Å². The third-order valence-corrected chi connectivity index (χ3v) is 6.20. The number of unbranched alkanes of at least 4 members (excludes halogenated alkanes) is 1. The van der Waals surface area contributed by atoms with E-state index in [1.165, 1.54) is 4.90 Å². The van der Waals surface area contributed by atoms with Crippen molar-refractivity contribution in [3.63, 3.8) is 0 Å². The molecule has 0 spiro atoms. The van der Waals surface area contributed by atoms with Crippen LogP contribution in [-0.4, -0.2) is 35.9 Å². The van der Waals surface area contributed by atoms with Gasteiger partial charge < -0.3 is 15.0 Å². The summed E-state index contributed by atoms with van der Waals surface area (Å²) in [4.78, 5) is 27.5. The summed E-state index contributed by atoms with van der Waals surface area (Å²) in [5.74, 6) is 0.0411. The van der Waals surface area contributed by atoms with Gasteiger partial charge in [0, 0.05) is 34.1 Å². The molecule has 2 amide bonds. The quantitative estimate of drug-likeness (QED) is 0.365. The summed E-state index contributed by atoms with van der Waals surface area (Å²) in [5.41, 5.74) is 0.590. The third kappa shape index (κ3) is 6.40. The van der Waals surface area contributed by atoms with Crippen LogP contribution in [0.1, 0.15) is 32.3 Å². The van der Waals surface area contributed by atoms with Crippen molar-refractivity contribution in [2.45, 2.75) is 39.3 Å². The van der Waals surface area contributed by atoms with Gasteiger partial charge in [-0.2, -0.15) is 0 Å². The Bertz CT molecular complexity index is 1090. The number of ether oxygens (including phenoxy) is 1. The van der Waals surface area contributed by atoms with Crippen molar-refractivity contribution in [2.75, 3.05) is 13.2 Å². The number of carbonyl (C=O) groups is 2. The molecule has 7 heteroatoms. The smallest absolute Gasteiger partial charge is 0.261 e. The molecule has 0 fully saturated rings. The maximum Gasteiger partial charge on any atom is 0.261 e. The van der Waals surface area contributed by atoms with Gasteiger partial charge in [0.2, 0.25) is 5.91 Å². The minimum absolute atomic E-state index is 0.0958. The van der Waals surface area contributed by atoms with Crippen LogP contribution in [0.5, 0.6) is 5.75 Å². The Hall–Kier alpha value is -2.76. The molecular weight excluding hydrogens is 459 g/mol. The number of halogens is 2. The van der Waals surface area contributed by atoms with Gasteiger partial charge in [-0.25, -0.2) is 0 Å². The van der Waals surface area contributed by atoms with Crippen molar-refractivity contribution < 1.29 is 14.3 Å². The van der Waals surface area contributed by atoms with Crippen LogP contribution in [0.2, 0.25) is 10.0 Å². The molecule has 3 aromatic rings. The van der Waals surface area contributed by atoms with Gasteiger partial charge in [-0.05, 0) is 36.9 Å². The second-order valence-electron chi connectivity index (χ2n) is 7.81. The number of nitrogens with zero attached hydrogens (tertiary/aromatic N) is 1. The van der Waals surface area contributed by atoms with E-state index in [9.17, 15) is 9.59 Å². The fourth-order valence-corrected chi connectivity index (χ4v) is 4.03. The van der Waals surface area contributed by atoms with Crippen molar-refractivity contribution in [3.8, 4) is 5.75 Å². The number of amides is 2. The van der Waals surface area contributed by atoms with Crippen molar-refractivity contribution in [2.24, 2.45) is 0 Å². The van der Waals surface area contributed by atoms with E-state index in [0.29, 0.717) is 27.9 Å². The van der Waals surface area contributed by atoms with E-state index in [1.807, 2.05) is 42.5 Å². The summed E-state index contributed by atoms with van der Waals surface area (Å²) < 4.78 is 5.90. The predicted octanol–water partition coefficient (Wildman–Crippen LogP) is 5.86.